The van der Waals surface area contributed by atoms with Gasteiger partial charge in [0.05, 0.1) is 0 Å². The van der Waals surface area contributed by atoms with Crippen molar-refractivity contribution in [1.29, 1.82) is 0 Å². The van der Waals surface area contributed by atoms with Gasteiger partial charge in [-0.15, -0.1) is 0 Å². The number of rotatable bonds is 2. The van der Waals surface area contributed by atoms with Crippen LogP contribution in [-0.2, 0) is 9.08 Å². The summed E-state index contributed by atoms with van der Waals surface area (Å²) in [6.07, 6.45) is 1.24. The van der Waals surface area contributed by atoms with E-state index >= 15 is 0 Å². The highest BCUT2D eigenvalue weighted by atomic mass is 35.5. The summed E-state index contributed by atoms with van der Waals surface area (Å²) in [6, 6.07) is 0. The summed E-state index contributed by atoms with van der Waals surface area (Å²) in [6.45, 7) is 2.06. The topological polar surface area (TPSA) is 52.3 Å². The van der Waals surface area contributed by atoms with Gasteiger partial charge in [-0.2, -0.15) is 0 Å². The predicted molar refractivity (Wildman–Crippen MR) is 34.8 cm³/mol. The Labute approximate surface area is 58.6 Å². The molecule has 0 aliphatic carbocycles. The van der Waals surface area contributed by atoms with Gasteiger partial charge in [0.2, 0.25) is 0 Å². The lowest BCUT2D eigenvalue weighted by Gasteiger charge is -1.90. The SMILES string of the molecule is C/C(=C\C(=O)OCl)CN. The molecule has 0 atom stereocenters. The third kappa shape index (κ3) is 4.00. The third-order valence-corrected chi connectivity index (χ3v) is 0.914. The molecule has 0 radical (unpaired) electrons. The summed E-state index contributed by atoms with van der Waals surface area (Å²) >= 11 is 4.72. The van der Waals surface area contributed by atoms with E-state index in [9.17, 15) is 4.79 Å². The summed E-state index contributed by atoms with van der Waals surface area (Å²) < 4.78 is 3.82. The summed E-state index contributed by atoms with van der Waals surface area (Å²) in [4.78, 5) is 10.3. The van der Waals surface area contributed by atoms with Crippen molar-refractivity contribution < 1.29 is 9.08 Å². The molecule has 0 spiro atoms. The normalized spacial score (nSPS) is 11.2. The summed E-state index contributed by atoms with van der Waals surface area (Å²) in [7, 11) is 0. The van der Waals surface area contributed by atoms with E-state index in [1.165, 1.54) is 6.08 Å². The van der Waals surface area contributed by atoms with Crippen LogP contribution in [0.3, 0.4) is 0 Å². The van der Waals surface area contributed by atoms with E-state index < -0.39 is 5.97 Å². The zero-order chi connectivity index (χ0) is 7.28. The second-order valence-corrected chi connectivity index (χ2v) is 1.75. The summed E-state index contributed by atoms with van der Waals surface area (Å²) in [5.74, 6) is -0.584. The predicted octanol–water partition coefficient (Wildman–Crippen LogP) is 0.588. The Kier molecular flexibility index (Phi) is 4.09. The Hall–Kier alpha value is -0.540. The molecule has 0 aliphatic heterocycles. The zero-order valence-corrected chi connectivity index (χ0v) is 5.81. The number of halogens is 1. The van der Waals surface area contributed by atoms with Gasteiger partial charge in [0.15, 0.2) is 0 Å². The highest BCUT2D eigenvalue weighted by molar-refractivity contribution is 6.14. The van der Waals surface area contributed by atoms with Crippen molar-refractivity contribution in [2.24, 2.45) is 5.73 Å². The fraction of sp³-hybridized carbons (Fsp3) is 0.400. The second-order valence-electron chi connectivity index (χ2n) is 1.59. The molecule has 0 saturated heterocycles. The lowest BCUT2D eigenvalue weighted by Crippen LogP contribution is -2.02. The lowest BCUT2D eigenvalue weighted by atomic mass is 10.3. The molecule has 0 aromatic heterocycles. The van der Waals surface area contributed by atoms with Gasteiger partial charge in [-0.25, -0.2) is 4.79 Å². The molecule has 0 rings (SSSR count). The molecule has 4 heteroatoms. The maximum absolute atomic E-state index is 10.3. The molecule has 0 fully saturated rings. The van der Waals surface area contributed by atoms with Crippen LogP contribution in [-0.4, -0.2) is 12.5 Å². The van der Waals surface area contributed by atoms with Gasteiger partial charge in [-0.1, -0.05) is 5.57 Å². The molecule has 52 valence electrons. The van der Waals surface area contributed by atoms with Crippen LogP contribution in [0.4, 0.5) is 0 Å². The van der Waals surface area contributed by atoms with Crippen LogP contribution in [0.5, 0.6) is 0 Å². The highest BCUT2D eigenvalue weighted by Gasteiger charge is 1.94. The second kappa shape index (κ2) is 4.35. The molecule has 0 amide bonds. The molecule has 0 saturated carbocycles. The first-order chi connectivity index (χ1) is 4.20. The van der Waals surface area contributed by atoms with Gasteiger partial charge in [0.1, 0.15) is 11.9 Å². The molecule has 0 aromatic carbocycles. The van der Waals surface area contributed by atoms with E-state index in [1.54, 1.807) is 6.92 Å². The van der Waals surface area contributed by atoms with Crippen LogP contribution in [0.2, 0.25) is 0 Å². The minimum absolute atomic E-state index is 0.339. The van der Waals surface area contributed by atoms with Crippen LogP contribution in [0.1, 0.15) is 6.92 Å². The van der Waals surface area contributed by atoms with Crippen LogP contribution >= 0.6 is 11.9 Å². The summed E-state index contributed by atoms with van der Waals surface area (Å²) in [5, 5.41) is 0. The van der Waals surface area contributed by atoms with Gasteiger partial charge in [0, 0.05) is 12.6 Å². The van der Waals surface area contributed by atoms with Crippen molar-refractivity contribution in [3.63, 3.8) is 0 Å². The molecule has 0 heterocycles. The van der Waals surface area contributed by atoms with E-state index in [2.05, 4.69) is 4.29 Å². The van der Waals surface area contributed by atoms with Gasteiger partial charge in [0.25, 0.3) is 0 Å². The van der Waals surface area contributed by atoms with Gasteiger partial charge < -0.3 is 10.0 Å². The Morgan fingerprint density at radius 3 is 2.78 bits per heavy atom. The average molecular weight is 150 g/mol. The Bertz CT molecular complexity index is 133. The van der Waals surface area contributed by atoms with E-state index in [-0.39, 0.29) is 0 Å². The third-order valence-electron chi connectivity index (χ3n) is 0.762. The Morgan fingerprint density at radius 2 is 2.44 bits per heavy atom. The fourth-order valence-corrected chi connectivity index (χ4v) is 0.327. The molecule has 0 unspecified atom stereocenters. The van der Waals surface area contributed by atoms with Gasteiger partial charge in [-0.3, -0.25) is 0 Å². The van der Waals surface area contributed by atoms with E-state index in [0.717, 1.165) is 5.57 Å². The first-order valence-electron chi connectivity index (χ1n) is 2.40. The summed E-state index contributed by atoms with van der Waals surface area (Å²) in [5.41, 5.74) is 5.89. The quantitative estimate of drug-likeness (QED) is 0.585. The molecule has 2 N–H and O–H groups in total. The van der Waals surface area contributed by atoms with Gasteiger partial charge >= 0.3 is 5.97 Å². The Morgan fingerprint density at radius 1 is 1.89 bits per heavy atom. The number of hydrogen-bond donors (Lipinski definition) is 1. The monoisotopic (exact) mass is 149 g/mol. The molecule has 0 bridgehead atoms. The van der Waals surface area contributed by atoms with Crippen molar-refractivity contribution in [2.75, 3.05) is 6.54 Å². The number of nitrogens with two attached hydrogens (primary N) is 1. The molecule has 9 heavy (non-hydrogen) atoms. The van der Waals surface area contributed by atoms with Crippen LogP contribution in [0.25, 0.3) is 0 Å². The maximum atomic E-state index is 10.3. The van der Waals surface area contributed by atoms with Crippen molar-refractivity contribution in [2.45, 2.75) is 6.92 Å². The number of carbonyl (C=O) groups excluding carboxylic acids is 1. The number of carbonyl (C=O) groups is 1. The van der Waals surface area contributed by atoms with Crippen molar-refractivity contribution in [1.82, 2.24) is 0 Å². The van der Waals surface area contributed by atoms with Gasteiger partial charge in [-0.05, 0) is 6.92 Å². The zero-order valence-electron chi connectivity index (χ0n) is 5.06. The van der Waals surface area contributed by atoms with Crippen molar-refractivity contribution >= 4 is 17.8 Å². The van der Waals surface area contributed by atoms with Crippen LogP contribution < -0.4 is 5.73 Å². The van der Waals surface area contributed by atoms with E-state index in [4.69, 9.17) is 17.6 Å². The minimum Gasteiger partial charge on any atom is -0.344 e. The molecule has 0 aromatic rings. The number of hydrogen-bond acceptors (Lipinski definition) is 3. The molecule has 3 nitrogen and oxygen atoms in total. The van der Waals surface area contributed by atoms with Crippen molar-refractivity contribution in [3.05, 3.63) is 11.6 Å². The Balaban J connectivity index is 3.79. The smallest absolute Gasteiger partial charge is 0.344 e. The molecule has 0 aliphatic rings. The first-order valence-corrected chi connectivity index (χ1v) is 2.71. The van der Waals surface area contributed by atoms with Crippen LogP contribution in [0.15, 0.2) is 11.6 Å². The standard InChI is InChI=1S/C5H8ClNO2/c1-4(3-7)2-5(8)9-6/h2H,3,7H2,1H3/b4-2+. The highest BCUT2D eigenvalue weighted by Crippen LogP contribution is 1.91. The lowest BCUT2D eigenvalue weighted by molar-refractivity contribution is -0.128. The molecular weight excluding hydrogens is 142 g/mol. The maximum Gasteiger partial charge on any atom is 0.349 e. The van der Waals surface area contributed by atoms with Crippen LogP contribution in [0, 0.1) is 0 Å². The first kappa shape index (κ1) is 8.46. The van der Waals surface area contributed by atoms with E-state index in [0.29, 0.717) is 6.54 Å². The van der Waals surface area contributed by atoms with E-state index in [1.807, 2.05) is 0 Å². The largest absolute Gasteiger partial charge is 0.349 e. The van der Waals surface area contributed by atoms with Crippen molar-refractivity contribution in [3.8, 4) is 0 Å². The fourth-order valence-electron chi connectivity index (χ4n) is 0.282. The molecular formula is C5H8ClNO2. The average Bonchev–Trinajstić information content (AvgIpc) is 1.87. The minimum atomic E-state index is -0.584.